The Hall–Kier alpha value is -5.10. The van der Waals surface area contributed by atoms with Crippen molar-refractivity contribution in [2.45, 2.75) is 20.8 Å². The number of carbonyl (C=O) groups is 4. The van der Waals surface area contributed by atoms with Crippen molar-refractivity contribution in [2.24, 2.45) is 0 Å². The third-order valence-electron chi connectivity index (χ3n) is 4.48. The quantitative estimate of drug-likeness (QED) is 0.0590. The van der Waals surface area contributed by atoms with Crippen molar-refractivity contribution in [1.82, 2.24) is 0 Å². The third kappa shape index (κ3) is 10.3. The minimum absolute atomic E-state index is 0.0137. The number of carbonyl (C=O) groups excluding carboxylic acids is 4. The summed E-state index contributed by atoms with van der Waals surface area (Å²) in [7, 11) is 0. The van der Waals surface area contributed by atoms with Gasteiger partial charge in [0.25, 0.3) is 0 Å². The monoisotopic (exact) mass is 556 g/mol. The predicted octanol–water partition coefficient (Wildman–Crippen LogP) is 4.20. The normalized spacial score (nSPS) is 9.97. The first-order chi connectivity index (χ1) is 19.0. The van der Waals surface area contributed by atoms with E-state index in [-0.39, 0.29) is 46.3 Å². The maximum atomic E-state index is 12.7. The topological polar surface area (TPSA) is 142 Å². The number of rotatable bonds is 15. The van der Waals surface area contributed by atoms with Crippen LogP contribution in [0.2, 0.25) is 0 Å². The Kier molecular flexibility index (Phi) is 11.9. The fourth-order valence-corrected chi connectivity index (χ4v) is 2.42. The van der Waals surface area contributed by atoms with Gasteiger partial charge in [0.05, 0.1) is 5.56 Å². The Balaban J connectivity index is 2.05. The summed E-state index contributed by atoms with van der Waals surface area (Å²) in [5.41, 5.74) is 0.590. The summed E-state index contributed by atoms with van der Waals surface area (Å²) in [5.74, 6) is -2.17. The Morgan fingerprint density at radius 2 is 1.15 bits per heavy atom. The summed E-state index contributed by atoms with van der Waals surface area (Å²) in [5, 5.41) is 0. The van der Waals surface area contributed by atoms with E-state index in [9.17, 15) is 19.2 Å². The van der Waals surface area contributed by atoms with Crippen molar-refractivity contribution in [3.63, 3.8) is 0 Å². The summed E-state index contributed by atoms with van der Waals surface area (Å²) in [6.07, 6.45) is 0. The summed E-state index contributed by atoms with van der Waals surface area (Å²) >= 11 is 0. The Morgan fingerprint density at radius 1 is 0.625 bits per heavy atom. The van der Waals surface area contributed by atoms with Crippen LogP contribution in [0.15, 0.2) is 78.9 Å². The molecule has 2 rings (SSSR count). The van der Waals surface area contributed by atoms with Crippen LogP contribution in [-0.2, 0) is 33.6 Å². The molecule has 0 bridgehead atoms. The number of hydrogen-bond donors (Lipinski definition) is 0. The molecule has 12 nitrogen and oxygen atoms in total. The van der Waals surface area contributed by atoms with Gasteiger partial charge in [0, 0.05) is 16.7 Å². The average Bonchev–Trinajstić information content (AvgIpc) is 2.91. The smallest absolute Gasteiger partial charge is 0.368 e. The zero-order chi connectivity index (χ0) is 29.7. The maximum absolute atomic E-state index is 12.7. The molecule has 0 heterocycles. The minimum atomic E-state index is -0.798. The van der Waals surface area contributed by atoms with Gasteiger partial charge < -0.3 is 28.4 Å². The van der Waals surface area contributed by atoms with Crippen LogP contribution in [0, 0.1) is 0 Å². The molecule has 2 aromatic carbocycles. The molecular weight excluding hydrogens is 528 g/mol. The number of esters is 3. The first kappa shape index (κ1) is 31.1. The van der Waals surface area contributed by atoms with E-state index in [1.165, 1.54) is 63.2 Å². The Bertz CT molecular complexity index is 1280. The van der Waals surface area contributed by atoms with Crippen molar-refractivity contribution in [3.05, 3.63) is 84.5 Å². The molecule has 0 atom stereocenters. The van der Waals surface area contributed by atoms with Crippen molar-refractivity contribution in [2.75, 3.05) is 20.4 Å². The standard InChI is InChI=1S/C28H28O12/c1-17(2)25(29)36-14-33-21-8-10-22(11-9-21)39-28(32)20-7-12-23(34-15-37-26(30)18(3)4)24(13-20)35-16-38-40-27(31)19(5)6/h7-13H,1,3,5,14-16H2,2,4,6H3. The van der Waals surface area contributed by atoms with Crippen LogP contribution < -0.4 is 18.9 Å². The van der Waals surface area contributed by atoms with Crippen LogP contribution >= 0.6 is 0 Å². The molecule has 0 unspecified atom stereocenters. The van der Waals surface area contributed by atoms with Crippen molar-refractivity contribution in [3.8, 4) is 23.0 Å². The van der Waals surface area contributed by atoms with Crippen molar-refractivity contribution < 1.29 is 57.4 Å². The highest BCUT2D eigenvalue weighted by atomic mass is 17.2. The van der Waals surface area contributed by atoms with E-state index in [1.807, 2.05) is 0 Å². The lowest BCUT2D eigenvalue weighted by Gasteiger charge is -2.14. The molecule has 0 fully saturated rings. The van der Waals surface area contributed by atoms with E-state index in [1.54, 1.807) is 0 Å². The molecule has 0 saturated carbocycles. The SMILES string of the molecule is C=C(C)C(=O)OCOc1ccc(OC(=O)c2ccc(OCOC(=O)C(=C)C)c(OCOOC(=O)C(=C)C)c2)cc1. The lowest BCUT2D eigenvalue weighted by atomic mass is 10.2. The fraction of sp³-hybridized carbons (Fsp3) is 0.214. The highest BCUT2D eigenvalue weighted by Gasteiger charge is 2.16. The molecule has 0 aliphatic heterocycles. The van der Waals surface area contributed by atoms with Gasteiger partial charge in [0.1, 0.15) is 11.5 Å². The van der Waals surface area contributed by atoms with Gasteiger partial charge in [-0.15, -0.1) is 4.89 Å². The lowest BCUT2D eigenvalue weighted by molar-refractivity contribution is -0.294. The molecule has 2 aromatic rings. The van der Waals surface area contributed by atoms with Gasteiger partial charge in [-0.3, -0.25) is 4.89 Å². The maximum Gasteiger partial charge on any atom is 0.368 e. The third-order valence-corrected chi connectivity index (χ3v) is 4.48. The summed E-state index contributed by atoms with van der Waals surface area (Å²) in [4.78, 5) is 56.4. The molecule has 0 spiro atoms. The zero-order valence-electron chi connectivity index (χ0n) is 22.2. The van der Waals surface area contributed by atoms with Gasteiger partial charge in [-0.05, 0) is 63.2 Å². The van der Waals surface area contributed by atoms with E-state index in [0.717, 1.165) is 0 Å². The van der Waals surface area contributed by atoms with Crippen LogP contribution in [0.3, 0.4) is 0 Å². The molecule has 0 amide bonds. The predicted molar refractivity (Wildman–Crippen MR) is 138 cm³/mol. The summed E-state index contributed by atoms with van der Waals surface area (Å²) in [6.45, 7) is 13.4. The van der Waals surface area contributed by atoms with E-state index in [0.29, 0.717) is 5.75 Å². The molecule has 0 radical (unpaired) electrons. The number of hydrogen-bond acceptors (Lipinski definition) is 12. The fourth-order valence-electron chi connectivity index (χ4n) is 2.42. The summed E-state index contributed by atoms with van der Waals surface area (Å²) in [6, 6.07) is 10.0. The first-order valence-electron chi connectivity index (χ1n) is 11.5. The van der Waals surface area contributed by atoms with Gasteiger partial charge in [0.15, 0.2) is 11.5 Å². The van der Waals surface area contributed by atoms with Crippen LogP contribution in [0.1, 0.15) is 31.1 Å². The lowest BCUT2D eigenvalue weighted by Crippen LogP contribution is -2.14. The highest BCUT2D eigenvalue weighted by Crippen LogP contribution is 2.29. The van der Waals surface area contributed by atoms with Crippen molar-refractivity contribution >= 4 is 23.9 Å². The van der Waals surface area contributed by atoms with Gasteiger partial charge in [-0.25, -0.2) is 19.2 Å². The molecule has 0 aliphatic rings. The van der Waals surface area contributed by atoms with Gasteiger partial charge in [0.2, 0.25) is 20.4 Å². The molecule has 0 aliphatic carbocycles. The van der Waals surface area contributed by atoms with Gasteiger partial charge in [-0.1, -0.05) is 19.7 Å². The Morgan fingerprint density at radius 3 is 1.73 bits per heavy atom. The molecule has 40 heavy (non-hydrogen) atoms. The van der Waals surface area contributed by atoms with E-state index in [2.05, 4.69) is 24.6 Å². The van der Waals surface area contributed by atoms with Crippen LogP contribution in [-0.4, -0.2) is 44.3 Å². The van der Waals surface area contributed by atoms with Crippen LogP contribution in [0.5, 0.6) is 23.0 Å². The minimum Gasteiger partial charge on any atom is -0.460 e. The highest BCUT2D eigenvalue weighted by molar-refractivity contribution is 5.92. The van der Waals surface area contributed by atoms with Gasteiger partial charge >= 0.3 is 23.9 Å². The van der Waals surface area contributed by atoms with E-state index in [4.69, 9.17) is 33.3 Å². The number of benzene rings is 2. The molecule has 12 heteroatoms. The molecule has 0 N–H and O–H groups in total. The second-order valence-corrected chi connectivity index (χ2v) is 8.00. The van der Waals surface area contributed by atoms with Crippen molar-refractivity contribution in [1.29, 1.82) is 0 Å². The molecular formula is C28H28O12. The second-order valence-electron chi connectivity index (χ2n) is 8.00. The van der Waals surface area contributed by atoms with E-state index < -0.39 is 37.5 Å². The summed E-state index contributed by atoms with van der Waals surface area (Å²) < 4.78 is 31.3. The zero-order valence-corrected chi connectivity index (χ0v) is 22.2. The number of ether oxygens (including phenoxy) is 6. The Labute approximate surface area is 230 Å². The first-order valence-corrected chi connectivity index (χ1v) is 11.5. The van der Waals surface area contributed by atoms with E-state index >= 15 is 0 Å². The van der Waals surface area contributed by atoms with Crippen LogP contribution in [0.4, 0.5) is 0 Å². The molecule has 0 saturated heterocycles. The van der Waals surface area contributed by atoms with Crippen LogP contribution in [0.25, 0.3) is 0 Å². The molecule has 212 valence electrons. The average molecular weight is 557 g/mol. The largest absolute Gasteiger partial charge is 0.460 e. The second kappa shape index (κ2) is 15.3. The van der Waals surface area contributed by atoms with Gasteiger partial charge in [-0.2, -0.15) is 0 Å². The molecule has 0 aromatic heterocycles.